The first kappa shape index (κ1) is 43.2. The van der Waals surface area contributed by atoms with E-state index in [-0.39, 0.29) is 11.6 Å². The van der Waals surface area contributed by atoms with Crippen LogP contribution in [0.4, 0.5) is 8.78 Å². The van der Waals surface area contributed by atoms with Crippen molar-refractivity contribution in [3.63, 3.8) is 0 Å². The molecule has 0 saturated carbocycles. The summed E-state index contributed by atoms with van der Waals surface area (Å²) < 4.78 is 29.9. The molecule has 320 valence electrons. The van der Waals surface area contributed by atoms with E-state index in [1.165, 1.54) is 41.0 Å². The molecule has 2 aliphatic rings. The molecule has 6 heterocycles. The third kappa shape index (κ3) is 12.1. The number of halogens is 3. The number of nitrogens with zero attached hydrogens (tertiary/aromatic N) is 10. The average Bonchev–Trinajstić information content (AvgIpc) is 4.03. The maximum absolute atomic E-state index is 13.2. The molecule has 0 unspecified atom stereocenters. The second kappa shape index (κ2) is 21.6. The van der Waals surface area contributed by atoms with Crippen LogP contribution in [0.2, 0.25) is 5.15 Å². The van der Waals surface area contributed by atoms with E-state index in [1.54, 1.807) is 25.2 Å². The molecular formula is C50H49ClF2N10. The summed E-state index contributed by atoms with van der Waals surface area (Å²) in [6.07, 6.45) is 16.0. The second-order valence-corrected chi connectivity index (χ2v) is 16.0. The number of fused-ring (bicyclic) bond motifs is 2. The maximum Gasteiger partial charge on any atom is 0.135 e. The van der Waals surface area contributed by atoms with Gasteiger partial charge in [-0.15, -0.1) is 0 Å². The summed E-state index contributed by atoms with van der Waals surface area (Å²) in [5.41, 5.74) is 11.4. The number of aromatic nitrogens is 8. The van der Waals surface area contributed by atoms with Crippen LogP contribution in [0.1, 0.15) is 44.8 Å². The standard InChI is InChI=1S/C25H24FN5.C14H14ClN3.C11H11FN2/c26-21-8-6-19(7-9-21)10-13-31-18-27-14-24(31)25-22-11-12-30(16-23(22)28-17-29-25)15-20-4-2-1-3-5-20;15-14-12-6-7-18(9-13(12)16-10-17-14)8-11-4-2-1-3-5-11;12-11-3-1-10(2-4-11)5-7-14-8-6-13-9-14/h1-9,14,17-18H,10-13,15-16H2;1-5,10H,6-9H2;1-4,6,8-9H,5,7H2. The molecule has 2 aliphatic heterocycles. The Kier molecular flexibility index (Phi) is 14.8. The highest BCUT2D eigenvalue weighted by atomic mass is 35.5. The predicted octanol–water partition coefficient (Wildman–Crippen LogP) is 9.23. The molecular weight excluding hydrogens is 814 g/mol. The maximum atomic E-state index is 13.2. The van der Waals surface area contributed by atoms with E-state index in [4.69, 9.17) is 11.6 Å². The summed E-state index contributed by atoms with van der Waals surface area (Å²) >= 11 is 6.08. The van der Waals surface area contributed by atoms with Gasteiger partial charge in [0.2, 0.25) is 0 Å². The van der Waals surface area contributed by atoms with Crippen LogP contribution in [0.3, 0.4) is 0 Å². The molecule has 10 rings (SSSR count). The van der Waals surface area contributed by atoms with E-state index < -0.39 is 0 Å². The zero-order chi connectivity index (χ0) is 43.2. The molecule has 0 radical (unpaired) electrons. The Morgan fingerprint density at radius 1 is 0.556 bits per heavy atom. The van der Waals surface area contributed by atoms with Crippen molar-refractivity contribution in [1.82, 2.24) is 48.8 Å². The molecule has 8 aromatic rings. The number of benzene rings is 4. The van der Waals surface area contributed by atoms with E-state index in [2.05, 4.69) is 92.8 Å². The SMILES string of the molecule is Clc1ncnc2c1CCN(Cc1ccccc1)C2.Fc1ccc(CCn2ccnc2)cc1.Fc1ccc(CCn2cncc2-c2ncnc3c2CCN(Cc2ccccc2)C3)cc1. The molecule has 0 N–H and O–H groups in total. The van der Waals surface area contributed by atoms with Gasteiger partial charge in [-0.3, -0.25) is 9.80 Å². The van der Waals surface area contributed by atoms with Gasteiger partial charge in [0, 0.05) is 75.9 Å². The summed E-state index contributed by atoms with van der Waals surface area (Å²) in [6.45, 7) is 7.19. The Labute approximate surface area is 372 Å². The van der Waals surface area contributed by atoms with Crippen LogP contribution < -0.4 is 0 Å². The van der Waals surface area contributed by atoms with Crippen molar-refractivity contribution in [1.29, 1.82) is 0 Å². The molecule has 0 atom stereocenters. The van der Waals surface area contributed by atoms with Crippen LogP contribution >= 0.6 is 11.6 Å². The van der Waals surface area contributed by atoms with Gasteiger partial charge in [-0.1, -0.05) is 96.5 Å². The van der Waals surface area contributed by atoms with Crippen molar-refractivity contribution in [3.05, 3.63) is 215 Å². The van der Waals surface area contributed by atoms with E-state index >= 15 is 0 Å². The Balaban J connectivity index is 0.000000143. The Morgan fingerprint density at radius 3 is 1.70 bits per heavy atom. The molecule has 0 amide bonds. The molecule has 0 saturated heterocycles. The van der Waals surface area contributed by atoms with Gasteiger partial charge < -0.3 is 9.13 Å². The second-order valence-electron chi connectivity index (χ2n) is 15.7. The number of rotatable bonds is 11. The Bertz CT molecular complexity index is 2620. The summed E-state index contributed by atoms with van der Waals surface area (Å²) in [5.74, 6) is -0.391. The third-order valence-corrected chi connectivity index (χ3v) is 11.6. The smallest absolute Gasteiger partial charge is 0.135 e. The predicted molar refractivity (Wildman–Crippen MR) is 241 cm³/mol. The molecule has 0 bridgehead atoms. The monoisotopic (exact) mass is 862 g/mol. The quantitative estimate of drug-likeness (QED) is 0.119. The molecule has 63 heavy (non-hydrogen) atoms. The highest BCUT2D eigenvalue weighted by molar-refractivity contribution is 6.30. The summed E-state index contributed by atoms with van der Waals surface area (Å²) in [4.78, 5) is 30.7. The summed E-state index contributed by atoms with van der Waals surface area (Å²) in [7, 11) is 0. The van der Waals surface area contributed by atoms with Gasteiger partial charge in [-0.2, -0.15) is 0 Å². The average molecular weight is 863 g/mol. The van der Waals surface area contributed by atoms with Crippen LogP contribution in [0.15, 0.2) is 153 Å². The first-order valence-electron chi connectivity index (χ1n) is 21.2. The molecule has 0 aliphatic carbocycles. The minimum atomic E-state index is -0.207. The van der Waals surface area contributed by atoms with Crippen LogP contribution in [-0.2, 0) is 65.0 Å². The lowest BCUT2D eigenvalue weighted by atomic mass is 10.0. The summed E-state index contributed by atoms with van der Waals surface area (Å²) in [6, 6.07) is 34.3. The van der Waals surface area contributed by atoms with Crippen molar-refractivity contribution in [2.75, 3.05) is 13.1 Å². The molecule has 13 heteroatoms. The number of hydrogen-bond acceptors (Lipinski definition) is 8. The molecule has 4 aromatic carbocycles. The van der Waals surface area contributed by atoms with Crippen molar-refractivity contribution >= 4 is 11.6 Å². The molecule has 4 aromatic heterocycles. The number of hydrogen-bond donors (Lipinski definition) is 0. The van der Waals surface area contributed by atoms with Gasteiger partial charge in [0.25, 0.3) is 0 Å². The van der Waals surface area contributed by atoms with Gasteiger partial charge in [0.1, 0.15) is 29.4 Å². The minimum absolute atomic E-state index is 0.184. The van der Waals surface area contributed by atoms with E-state index in [0.29, 0.717) is 5.15 Å². The Morgan fingerprint density at radius 2 is 1.11 bits per heavy atom. The molecule has 0 spiro atoms. The van der Waals surface area contributed by atoms with Gasteiger partial charge >= 0.3 is 0 Å². The summed E-state index contributed by atoms with van der Waals surface area (Å²) in [5, 5.41) is 0.611. The van der Waals surface area contributed by atoms with Crippen molar-refractivity contribution in [2.24, 2.45) is 0 Å². The third-order valence-electron chi connectivity index (χ3n) is 11.3. The van der Waals surface area contributed by atoms with Crippen molar-refractivity contribution in [2.45, 2.75) is 65.0 Å². The minimum Gasteiger partial charge on any atom is -0.337 e. The first-order valence-corrected chi connectivity index (χ1v) is 21.6. The van der Waals surface area contributed by atoms with E-state index in [9.17, 15) is 8.78 Å². The number of aryl methyl sites for hydroxylation is 4. The van der Waals surface area contributed by atoms with Gasteiger partial charge in [0.15, 0.2) is 0 Å². The fourth-order valence-electron chi connectivity index (χ4n) is 7.88. The lowest BCUT2D eigenvalue weighted by molar-refractivity contribution is 0.241. The fourth-order valence-corrected chi connectivity index (χ4v) is 8.12. The lowest BCUT2D eigenvalue weighted by Crippen LogP contribution is -2.31. The molecule has 10 nitrogen and oxygen atoms in total. The number of imidazole rings is 2. The topological polar surface area (TPSA) is 93.7 Å². The normalized spacial score (nSPS) is 13.5. The van der Waals surface area contributed by atoms with E-state index in [1.807, 2.05) is 59.7 Å². The largest absolute Gasteiger partial charge is 0.337 e. The highest BCUT2D eigenvalue weighted by Gasteiger charge is 2.23. The van der Waals surface area contributed by atoms with Crippen molar-refractivity contribution in [3.8, 4) is 11.4 Å². The first-order chi connectivity index (χ1) is 30.9. The zero-order valence-corrected chi connectivity index (χ0v) is 35.8. The van der Waals surface area contributed by atoms with Crippen LogP contribution in [0.5, 0.6) is 0 Å². The van der Waals surface area contributed by atoms with Crippen LogP contribution in [-0.4, -0.2) is 61.9 Å². The van der Waals surface area contributed by atoms with Gasteiger partial charge in [0.05, 0.1) is 41.6 Å². The van der Waals surface area contributed by atoms with Gasteiger partial charge in [-0.05, 0) is 72.2 Å². The Hall–Kier alpha value is -6.47. The van der Waals surface area contributed by atoms with Gasteiger partial charge in [-0.25, -0.2) is 38.7 Å². The highest BCUT2D eigenvalue weighted by Crippen LogP contribution is 2.28. The zero-order valence-electron chi connectivity index (χ0n) is 35.0. The molecule has 0 fully saturated rings. The lowest BCUT2D eigenvalue weighted by Gasteiger charge is -2.29. The van der Waals surface area contributed by atoms with Crippen LogP contribution in [0, 0.1) is 11.6 Å². The van der Waals surface area contributed by atoms with Crippen molar-refractivity contribution < 1.29 is 8.78 Å². The van der Waals surface area contributed by atoms with Crippen LogP contribution in [0.25, 0.3) is 11.4 Å². The fraction of sp³-hybridized carbons (Fsp3) is 0.240. The van der Waals surface area contributed by atoms with E-state index in [0.717, 1.165) is 118 Å².